The van der Waals surface area contributed by atoms with Crippen molar-refractivity contribution >= 4 is 34.1 Å². The SMILES string of the molecule is COc1ccc([N+](=O)[O-])cc1-c1[nH]nc(N)c1I. The molecule has 2 aromatic rings. The van der Waals surface area contributed by atoms with Crippen molar-refractivity contribution in [3.05, 3.63) is 31.9 Å². The highest BCUT2D eigenvalue weighted by molar-refractivity contribution is 14.1. The molecule has 18 heavy (non-hydrogen) atoms. The van der Waals surface area contributed by atoms with E-state index in [1.807, 2.05) is 22.6 Å². The molecule has 0 radical (unpaired) electrons. The number of nitro groups is 1. The van der Waals surface area contributed by atoms with Gasteiger partial charge in [0.2, 0.25) is 0 Å². The molecular weight excluding hydrogens is 351 g/mol. The number of non-ortho nitro benzene ring substituents is 1. The molecule has 0 bridgehead atoms. The van der Waals surface area contributed by atoms with Crippen LogP contribution in [0.5, 0.6) is 5.75 Å². The number of anilines is 1. The number of nitrogens with zero attached hydrogens (tertiary/aromatic N) is 2. The molecular formula is C10H9IN4O3. The standard InChI is InChI=1S/C10H9IN4O3/c1-18-7-3-2-5(15(16)17)4-6(7)9-8(11)10(12)14-13-9/h2-4H,1H3,(H3,12,13,14). The summed E-state index contributed by atoms with van der Waals surface area (Å²) >= 11 is 2.02. The lowest BCUT2D eigenvalue weighted by atomic mass is 10.1. The summed E-state index contributed by atoms with van der Waals surface area (Å²) in [7, 11) is 1.50. The van der Waals surface area contributed by atoms with Gasteiger partial charge < -0.3 is 10.5 Å². The minimum Gasteiger partial charge on any atom is -0.496 e. The van der Waals surface area contributed by atoms with Crippen molar-refractivity contribution in [2.75, 3.05) is 12.8 Å². The topological polar surface area (TPSA) is 107 Å². The van der Waals surface area contributed by atoms with Crippen LogP contribution < -0.4 is 10.5 Å². The third kappa shape index (κ3) is 2.10. The van der Waals surface area contributed by atoms with Crippen LogP contribution >= 0.6 is 22.6 Å². The van der Waals surface area contributed by atoms with E-state index in [4.69, 9.17) is 10.5 Å². The molecule has 3 N–H and O–H groups in total. The van der Waals surface area contributed by atoms with Crippen LogP contribution in [-0.2, 0) is 0 Å². The molecule has 0 amide bonds. The largest absolute Gasteiger partial charge is 0.496 e. The van der Waals surface area contributed by atoms with E-state index in [1.165, 1.54) is 19.2 Å². The lowest BCUT2D eigenvalue weighted by molar-refractivity contribution is -0.384. The minimum absolute atomic E-state index is 0.0187. The second kappa shape index (κ2) is 4.80. The number of nitrogens with two attached hydrogens (primary N) is 1. The molecule has 0 aliphatic rings. The number of methoxy groups -OCH3 is 1. The number of aromatic nitrogens is 2. The van der Waals surface area contributed by atoms with Gasteiger partial charge in [0.25, 0.3) is 5.69 Å². The van der Waals surface area contributed by atoms with Crippen LogP contribution in [0.4, 0.5) is 11.5 Å². The van der Waals surface area contributed by atoms with Gasteiger partial charge in [-0.15, -0.1) is 0 Å². The Morgan fingerprint density at radius 3 is 2.78 bits per heavy atom. The average molecular weight is 360 g/mol. The number of aromatic amines is 1. The highest BCUT2D eigenvalue weighted by Gasteiger charge is 2.18. The molecule has 1 aromatic heterocycles. The maximum atomic E-state index is 10.8. The highest BCUT2D eigenvalue weighted by atomic mass is 127. The van der Waals surface area contributed by atoms with Gasteiger partial charge >= 0.3 is 0 Å². The normalized spacial score (nSPS) is 10.3. The van der Waals surface area contributed by atoms with Crippen LogP contribution in [-0.4, -0.2) is 22.2 Å². The number of rotatable bonds is 3. The first kappa shape index (κ1) is 12.6. The zero-order valence-electron chi connectivity index (χ0n) is 9.31. The van der Waals surface area contributed by atoms with Gasteiger partial charge in [-0.25, -0.2) is 0 Å². The zero-order valence-corrected chi connectivity index (χ0v) is 11.5. The van der Waals surface area contributed by atoms with Gasteiger partial charge in [-0.05, 0) is 28.7 Å². The Hall–Kier alpha value is -1.84. The molecule has 2 rings (SSSR count). The lowest BCUT2D eigenvalue weighted by Gasteiger charge is -2.06. The Morgan fingerprint density at radius 2 is 2.28 bits per heavy atom. The van der Waals surface area contributed by atoms with Crippen LogP contribution in [0.15, 0.2) is 18.2 Å². The Morgan fingerprint density at radius 1 is 1.56 bits per heavy atom. The molecule has 0 aliphatic heterocycles. The molecule has 0 saturated carbocycles. The Bertz CT molecular complexity index is 611. The Labute approximate surface area is 116 Å². The second-order valence-electron chi connectivity index (χ2n) is 3.44. The molecule has 94 valence electrons. The van der Waals surface area contributed by atoms with Crippen LogP contribution in [0, 0.1) is 13.7 Å². The average Bonchev–Trinajstić information content (AvgIpc) is 2.69. The quantitative estimate of drug-likeness (QED) is 0.496. The summed E-state index contributed by atoms with van der Waals surface area (Å²) in [6, 6.07) is 4.35. The van der Waals surface area contributed by atoms with Crippen molar-refractivity contribution in [2.24, 2.45) is 0 Å². The molecule has 0 fully saturated rings. The fourth-order valence-corrected chi connectivity index (χ4v) is 2.06. The Kier molecular flexibility index (Phi) is 3.36. The van der Waals surface area contributed by atoms with E-state index in [-0.39, 0.29) is 5.69 Å². The number of H-pyrrole nitrogens is 1. The zero-order chi connectivity index (χ0) is 13.3. The smallest absolute Gasteiger partial charge is 0.270 e. The lowest BCUT2D eigenvalue weighted by Crippen LogP contribution is -1.93. The number of hydrogen-bond acceptors (Lipinski definition) is 5. The molecule has 1 aromatic carbocycles. The number of nitrogen functional groups attached to an aromatic ring is 1. The predicted molar refractivity (Wildman–Crippen MR) is 74.4 cm³/mol. The monoisotopic (exact) mass is 360 g/mol. The van der Waals surface area contributed by atoms with Gasteiger partial charge in [0, 0.05) is 17.7 Å². The number of hydrogen-bond donors (Lipinski definition) is 2. The first-order valence-electron chi connectivity index (χ1n) is 4.86. The van der Waals surface area contributed by atoms with E-state index in [2.05, 4.69) is 10.2 Å². The van der Waals surface area contributed by atoms with Crippen LogP contribution in [0.1, 0.15) is 0 Å². The van der Waals surface area contributed by atoms with Crippen molar-refractivity contribution in [2.45, 2.75) is 0 Å². The molecule has 0 spiro atoms. The molecule has 7 nitrogen and oxygen atoms in total. The predicted octanol–water partition coefficient (Wildman–Crippen LogP) is 2.18. The summed E-state index contributed by atoms with van der Waals surface area (Å²) in [6.45, 7) is 0. The minimum atomic E-state index is -0.463. The van der Waals surface area contributed by atoms with Crippen molar-refractivity contribution in [3.63, 3.8) is 0 Å². The van der Waals surface area contributed by atoms with Crippen molar-refractivity contribution < 1.29 is 9.66 Å². The van der Waals surface area contributed by atoms with E-state index in [9.17, 15) is 10.1 Å². The van der Waals surface area contributed by atoms with Crippen LogP contribution in [0.25, 0.3) is 11.3 Å². The van der Waals surface area contributed by atoms with Gasteiger partial charge in [-0.1, -0.05) is 0 Å². The van der Waals surface area contributed by atoms with E-state index in [0.717, 1.165) is 0 Å². The van der Waals surface area contributed by atoms with Gasteiger partial charge in [-0.2, -0.15) is 5.10 Å². The maximum Gasteiger partial charge on any atom is 0.270 e. The Balaban J connectivity index is 2.64. The molecule has 1 heterocycles. The fraction of sp³-hybridized carbons (Fsp3) is 0.100. The van der Waals surface area contributed by atoms with Crippen molar-refractivity contribution in [1.82, 2.24) is 10.2 Å². The molecule has 0 aliphatic carbocycles. The van der Waals surface area contributed by atoms with Gasteiger partial charge in [0.05, 0.1) is 21.3 Å². The number of nitro benzene ring substituents is 1. The summed E-state index contributed by atoms with van der Waals surface area (Å²) < 4.78 is 5.88. The highest BCUT2D eigenvalue weighted by Crippen LogP contribution is 2.35. The van der Waals surface area contributed by atoms with Crippen molar-refractivity contribution in [1.29, 1.82) is 0 Å². The summed E-state index contributed by atoms with van der Waals surface area (Å²) in [4.78, 5) is 10.3. The van der Waals surface area contributed by atoms with E-state index < -0.39 is 4.92 Å². The third-order valence-electron chi connectivity index (χ3n) is 2.40. The fourth-order valence-electron chi connectivity index (χ4n) is 1.53. The number of benzene rings is 1. The van der Waals surface area contributed by atoms with Gasteiger partial charge in [0.15, 0.2) is 5.82 Å². The number of ether oxygens (including phenoxy) is 1. The van der Waals surface area contributed by atoms with E-state index in [0.29, 0.717) is 26.4 Å². The molecule has 8 heteroatoms. The number of halogens is 1. The summed E-state index contributed by atoms with van der Waals surface area (Å²) in [5, 5.41) is 17.4. The van der Waals surface area contributed by atoms with Gasteiger partial charge in [0.1, 0.15) is 5.75 Å². The summed E-state index contributed by atoms with van der Waals surface area (Å²) in [5.74, 6) is 0.862. The van der Waals surface area contributed by atoms with E-state index in [1.54, 1.807) is 6.07 Å². The maximum absolute atomic E-state index is 10.8. The van der Waals surface area contributed by atoms with Gasteiger partial charge in [-0.3, -0.25) is 15.2 Å². The van der Waals surface area contributed by atoms with Crippen molar-refractivity contribution in [3.8, 4) is 17.0 Å². The summed E-state index contributed by atoms with van der Waals surface area (Å²) in [5.41, 5.74) is 6.79. The van der Waals surface area contributed by atoms with E-state index >= 15 is 0 Å². The molecule has 0 atom stereocenters. The second-order valence-corrected chi connectivity index (χ2v) is 4.52. The first-order chi connectivity index (χ1) is 8.54. The summed E-state index contributed by atoms with van der Waals surface area (Å²) in [6.07, 6.45) is 0. The van der Waals surface area contributed by atoms with Crippen LogP contribution in [0.2, 0.25) is 0 Å². The molecule has 0 saturated heterocycles. The third-order valence-corrected chi connectivity index (χ3v) is 3.49. The first-order valence-corrected chi connectivity index (χ1v) is 5.94. The number of nitrogens with one attached hydrogen (secondary N) is 1. The molecule has 0 unspecified atom stereocenters. The van der Waals surface area contributed by atoms with Crippen LogP contribution in [0.3, 0.4) is 0 Å².